The van der Waals surface area contributed by atoms with Crippen LogP contribution in [0.4, 0.5) is 4.39 Å². The molecule has 0 fully saturated rings. The minimum absolute atomic E-state index is 0.324. The Labute approximate surface area is 99.6 Å². The van der Waals surface area contributed by atoms with Crippen LogP contribution in [-0.4, -0.2) is 24.1 Å². The number of hydrogen-bond acceptors (Lipinski definition) is 3. The molecule has 94 valence electrons. The highest BCUT2D eigenvalue weighted by Crippen LogP contribution is 2.12. The molecule has 1 aromatic carbocycles. The molecule has 1 aromatic rings. The summed E-state index contributed by atoms with van der Waals surface area (Å²) >= 11 is 0. The quantitative estimate of drug-likeness (QED) is 0.614. The van der Waals surface area contributed by atoms with Crippen LogP contribution in [0.3, 0.4) is 0 Å². The second kappa shape index (κ2) is 6.98. The van der Waals surface area contributed by atoms with E-state index in [2.05, 4.69) is 5.32 Å². The predicted octanol–water partition coefficient (Wildman–Crippen LogP) is 0.714. The number of benzene rings is 1. The summed E-state index contributed by atoms with van der Waals surface area (Å²) in [5.41, 5.74) is 5.65. The topological polar surface area (TPSA) is 75.4 Å². The number of amides is 1. The van der Waals surface area contributed by atoms with Gasteiger partial charge in [0.05, 0.1) is 6.10 Å². The van der Waals surface area contributed by atoms with Gasteiger partial charge >= 0.3 is 0 Å². The number of aliphatic hydroxyl groups is 1. The molecule has 0 bridgehead atoms. The van der Waals surface area contributed by atoms with Crippen LogP contribution in [-0.2, 0) is 4.79 Å². The summed E-state index contributed by atoms with van der Waals surface area (Å²) in [5.74, 6) is -0.652. The average molecular weight is 240 g/mol. The van der Waals surface area contributed by atoms with E-state index in [1.807, 2.05) is 0 Å². The minimum atomic E-state index is -0.677. The molecule has 17 heavy (non-hydrogen) atoms. The number of aliphatic hydroxyl groups excluding tert-OH is 1. The molecule has 0 spiro atoms. The standard InChI is InChI=1S/C12H17FN2O2/c13-10-5-3-9(4-6-10)11(16)8-15-7-1-2-12(14)17/h3-6,11,15-16H,1-2,7-8H2,(H2,14,17). The fraction of sp³-hybridized carbons (Fsp3) is 0.417. The lowest BCUT2D eigenvalue weighted by Gasteiger charge is -2.11. The molecule has 1 atom stereocenters. The second-order valence-electron chi connectivity index (χ2n) is 3.84. The van der Waals surface area contributed by atoms with Gasteiger partial charge in [0, 0.05) is 13.0 Å². The molecular formula is C12H17FN2O2. The molecular weight excluding hydrogens is 223 g/mol. The van der Waals surface area contributed by atoms with Gasteiger partial charge in [0.15, 0.2) is 0 Å². The molecule has 1 amide bonds. The van der Waals surface area contributed by atoms with Crippen molar-refractivity contribution in [2.24, 2.45) is 5.73 Å². The number of primary amides is 1. The lowest BCUT2D eigenvalue weighted by atomic mass is 10.1. The third-order valence-corrected chi connectivity index (χ3v) is 2.37. The fourth-order valence-corrected chi connectivity index (χ4v) is 1.43. The number of carbonyl (C=O) groups excluding carboxylic acids is 1. The van der Waals surface area contributed by atoms with Crippen LogP contribution in [0.1, 0.15) is 24.5 Å². The molecule has 0 radical (unpaired) electrons. The number of rotatable bonds is 7. The predicted molar refractivity (Wildman–Crippen MR) is 62.7 cm³/mol. The molecule has 0 aromatic heterocycles. The minimum Gasteiger partial charge on any atom is -0.387 e. The van der Waals surface area contributed by atoms with Gasteiger partial charge in [0.1, 0.15) is 5.82 Å². The lowest BCUT2D eigenvalue weighted by Crippen LogP contribution is -2.23. The van der Waals surface area contributed by atoms with Gasteiger partial charge in [0.2, 0.25) is 5.91 Å². The summed E-state index contributed by atoms with van der Waals surface area (Å²) in [5, 5.41) is 12.7. The van der Waals surface area contributed by atoms with Gasteiger partial charge in [-0.1, -0.05) is 12.1 Å². The molecule has 4 N–H and O–H groups in total. The smallest absolute Gasteiger partial charge is 0.217 e. The number of halogens is 1. The SMILES string of the molecule is NC(=O)CCCNCC(O)c1ccc(F)cc1. The molecule has 0 heterocycles. The maximum absolute atomic E-state index is 12.6. The van der Waals surface area contributed by atoms with Crippen molar-refractivity contribution in [2.45, 2.75) is 18.9 Å². The van der Waals surface area contributed by atoms with Crippen molar-refractivity contribution in [3.8, 4) is 0 Å². The molecule has 0 saturated heterocycles. The zero-order chi connectivity index (χ0) is 12.7. The third-order valence-electron chi connectivity index (χ3n) is 2.37. The molecule has 4 nitrogen and oxygen atoms in total. The second-order valence-corrected chi connectivity index (χ2v) is 3.84. The molecule has 0 saturated carbocycles. The third kappa shape index (κ3) is 5.42. The molecule has 0 aliphatic rings. The van der Waals surface area contributed by atoms with Crippen molar-refractivity contribution in [3.05, 3.63) is 35.6 Å². The lowest BCUT2D eigenvalue weighted by molar-refractivity contribution is -0.118. The van der Waals surface area contributed by atoms with Gasteiger partial charge in [0.25, 0.3) is 0 Å². The molecule has 0 aliphatic carbocycles. The van der Waals surface area contributed by atoms with Crippen LogP contribution in [0.25, 0.3) is 0 Å². The summed E-state index contributed by atoms with van der Waals surface area (Å²) in [4.78, 5) is 10.5. The van der Waals surface area contributed by atoms with Gasteiger partial charge < -0.3 is 16.2 Å². The van der Waals surface area contributed by atoms with Crippen molar-refractivity contribution in [3.63, 3.8) is 0 Å². The zero-order valence-electron chi connectivity index (χ0n) is 9.53. The van der Waals surface area contributed by atoms with Crippen molar-refractivity contribution >= 4 is 5.91 Å². The number of hydrogen-bond donors (Lipinski definition) is 3. The van der Waals surface area contributed by atoms with Crippen LogP contribution in [0.5, 0.6) is 0 Å². The number of carbonyl (C=O) groups is 1. The summed E-state index contributed by atoms with van der Waals surface area (Å²) < 4.78 is 12.6. The van der Waals surface area contributed by atoms with Crippen LogP contribution < -0.4 is 11.1 Å². The van der Waals surface area contributed by atoms with E-state index >= 15 is 0 Å². The molecule has 1 rings (SSSR count). The van der Waals surface area contributed by atoms with Crippen LogP contribution >= 0.6 is 0 Å². The van der Waals surface area contributed by atoms with Gasteiger partial charge in [-0.15, -0.1) is 0 Å². The van der Waals surface area contributed by atoms with E-state index in [1.165, 1.54) is 12.1 Å². The van der Waals surface area contributed by atoms with Crippen molar-refractivity contribution in [1.82, 2.24) is 5.32 Å². The average Bonchev–Trinajstić information content (AvgIpc) is 2.29. The van der Waals surface area contributed by atoms with E-state index in [1.54, 1.807) is 12.1 Å². The number of nitrogens with one attached hydrogen (secondary N) is 1. The Morgan fingerprint density at radius 1 is 1.41 bits per heavy atom. The summed E-state index contributed by atoms with van der Waals surface area (Å²) in [6.45, 7) is 0.978. The first-order valence-electron chi connectivity index (χ1n) is 5.52. The van der Waals surface area contributed by atoms with E-state index < -0.39 is 6.10 Å². The molecule has 5 heteroatoms. The van der Waals surface area contributed by atoms with Gasteiger partial charge in [-0.2, -0.15) is 0 Å². The largest absolute Gasteiger partial charge is 0.387 e. The van der Waals surface area contributed by atoms with E-state index in [-0.39, 0.29) is 11.7 Å². The maximum atomic E-state index is 12.6. The molecule has 0 aliphatic heterocycles. The van der Waals surface area contributed by atoms with E-state index in [4.69, 9.17) is 5.73 Å². The Morgan fingerprint density at radius 3 is 2.65 bits per heavy atom. The van der Waals surface area contributed by atoms with Crippen molar-refractivity contribution < 1.29 is 14.3 Å². The Hall–Kier alpha value is -1.46. The van der Waals surface area contributed by atoms with Gasteiger partial charge in [-0.05, 0) is 30.7 Å². The Morgan fingerprint density at radius 2 is 2.06 bits per heavy atom. The normalized spacial score (nSPS) is 12.4. The molecule has 1 unspecified atom stereocenters. The van der Waals surface area contributed by atoms with Gasteiger partial charge in [-0.25, -0.2) is 4.39 Å². The first kappa shape index (κ1) is 13.6. The van der Waals surface area contributed by atoms with Crippen molar-refractivity contribution in [1.29, 1.82) is 0 Å². The monoisotopic (exact) mass is 240 g/mol. The Bertz CT molecular complexity index is 354. The first-order chi connectivity index (χ1) is 8.09. The van der Waals surface area contributed by atoms with E-state index in [0.29, 0.717) is 31.5 Å². The van der Waals surface area contributed by atoms with Crippen LogP contribution in [0.2, 0.25) is 0 Å². The highest BCUT2D eigenvalue weighted by Gasteiger charge is 2.06. The van der Waals surface area contributed by atoms with Crippen LogP contribution in [0, 0.1) is 5.82 Å². The van der Waals surface area contributed by atoms with E-state index in [0.717, 1.165) is 0 Å². The fourth-order valence-electron chi connectivity index (χ4n) is 1.43. The highest BCUT2D eigenvalue weighted by atomic mass is 19.1. The van der Waals surface area contributed by atoms with E-state index in [9.17, 15) is 14.3 Å². The highest BCUT2D eigenvalue weighted by molar-refractivity contribution is 5.73. The van der Waals surface area contributed by atoms with Gasteiger partial charge in [-0.3, -0.25) is 4.79 Å². The number of nitrogens with two attached hydrogens (primary N) is 1. The first-order valence-corrected chi connectivity index (χ1v) is 5.52. The Kier molecular flexibility index (Phi) is 5.59. The summed E-state index contributed by atoms with van der Waals surface area (Å²) in [6.07, 6.45) is 0.301. The summed E-state index contributed by atoms with van der Waals surface area (Å²) in [7, 11) is 0. The Balaban J connectivity index is 2.23. The van der Waals surface area contributed by atoms with Crippen molar-refractivity contribution in [2.75, 3.05) is 13.1 Å². The zero-order valence-corrected chi connectivity index (χ0v) is 9.53. The maximum Gasteiger partial charge on any atom is 0.217 e. The van der Waals surface area contributed by atoms with Crippen LogP contribution in [0.15, 0.2) is 24.3 Å². The summed E-state index contributed by atoms with van der Waals surface area (Å²) in [6, 6.07) is 5.72.